The molecule has 13 heavy (non-hydrogen) atoms. The van der Waals surface area contributed by atoms with E-state index in [4.69, 9.17) is 5.73 Å². The van der Waals surface area contributed by atoms with E-state index in [0.29, 0.717) is 11.4 Å². The Kier molecular flexibility index (Phi) is 12.1. The fourth-order valence-electron chi connectivity index (χ4n) is 0.614. The van der Waals surface area contributed by atoms with Gasteiger partial charge in [-0.25, -0.2) is 0 Å². The Labute approximate surface area is 105 Å². The maximum atomic E-state index is 10.7. The fraction of sp³-hybridized carbons (Fsp3) is 0.125. The van der Waals surface area contributed by atoms with Crippen molar-refractivity contribution in [3.63, 3.8) is 0 Å². The van der Waals surface area contributed by atoms with Gasteiger partial charge in [0.1, 0.15) is 5.69 Å². The standard InChI is InChI=1S/C7H8N2O.CH3.BrH.Mg/c1-5(10)7-3-2-6(8)4-9-7;;;/h2-4H,8H2,1H3;1H3;1H;/q;-1;;+2/p-1. The Balaban J connectivity index is -0.000000333. The molecule has 2 N–H and O–H groups in total. The molecule has 5 heteroatoms. The summed E-state index contributed by atoms with van der Waals surface area (Å²) >= 11 is 0. The van der Waals surface area contributed by atoms with Crippen LogP contribution >= 0.6 is 0 Å². The number of nitrogens with zero attached hydrogens (tertiary/aromatic N) is 1. The van der Waals surface area contributed by atoms with Crippen molar-refractivity contribution in [1.82, 2.24) is 4.98 Å². The number of nitrogens with two attached hydrogens (primary N) is 1. The van der Waals surface area contributed by atoms with Crippen LogP contribution in [0.1, 0.15) is 17.4 Å². The number of ketones is 1. The Morgan fingerprint density at radius 2 is 2.00 bits per heavy atom. The molecule has 1 aromatic rings. The van der Waals surface area contributed by atoms with Gasteiger partial charge in [-0.05, 0) is 12.1 Å². The maximum absolute atomic E-state index is 10.7. The van der Waals surface area contributed by atoms with E-state index in [9.17, 15) is 4.79 Å². The van der Waals surface area contributed by atoms with E-state index in [1.807, 2.05) is 0 Å². The molecule has 0 saturated heterocycles. The maximum Gasteiger partial charge on any atom is 2.00 e. The first kappa shape index (κ1) is 18.6. The molecule has 0 amide bonds. The minimum absolute atomic E-state index is 0. The van der Waals surface area contributed by atoms with Gasteiger partial charge in [-0.15, -0.1) is 0 Å². The van der Waals surface area contributed by atoms with Crippen LogP contribution in [-0.2, 0) is 0 Å². The summed E-state index contributed by atoms with van der Waals surface area (Å²) in [5, 5.41) is 0. The van der Waals surface area contributed by atoms with Gasteiger partial charge < -0.3 is 30.1 Å². The second kappa shape index (κ2) is 8.46. The van der Waals surface area contributed by atoms with Gasteiger partial charge >= 0.3 is 23.1 Å². The molecule has 0 radical (unpaired) electrons. The van der Waals surface area contributed by atoms with Crippen LogP contribution in [0.2, 0.25) is 0 Å². The smallest absolute Gasteiger partial charge is 1.00 e. The summed E-state index contributed by atoms with van der Waals surface area (Å²) in [5.74, 6) is -0.0417. The third-order valence-corrected chi connectivity index (χ3v) is 1.15. The van der Waals surface area contributed by atoms with Gasteiger partial charge in [-0.2, -0.15) is 0 Å². The average molecular weight is 255 g/mol. The first-order valence-electron chi connectivity index (χ1n) is 2.92. The summed E-state index contributed by atoms with van der Waals surface area (Å²) in [5.41, 5.74) is 6.38. The Hall–Kier alpha value is -0.134. The molecule has 3 nitrogen and oxygen atoms in total. The molecule has 1 rings (SSSR count). The molecular formula is C8H11BrMgN2O. The first-order valence-corrected chi connectivity index (χ1v) is 2.92. The second-order valence-electron chi connectivity index (χ2n) is 2.03. The molecule has 0 aliphatic heterocycles. The molecule has 0 bridgehead atoms. The van der Waals surface area contributed by atoms with E-state index in [1.165, 1.54) is 13.1 Å². The third-order valence-electron chi connectivity index (χ3n) is 1.15. The van der Waals surface area contributed by atoms with Crippen molar-refractivity contribution in [3.8, 4) is 0 Å². The molecule has 0 saturated carbocycles. The van der Waals surface area contributed by atoms with Crippen molar-refractivity contribution in [2.45, 2.75) is 6.92 Å². The number of carbonyl (C=O) groups excluding carboxylic acids is 1. The SMILES string of the molecule is CC(=O)c1ccc(N)cn1.[Br-].[CH3-].[Mg+2]. The molecule has 0 fully saturated rings. The zero-order valence-electron chi connectivity index (χ0n) is 7.75. The van der Waals surface area contributed by atoms with Crippen LogP contribution in [0, 0.1) is 7.43 Å². The quantitative estimate of drug-likeness (QED) is 0.357. The van der Waals surface area contributed by atoms with E-state index in [1.54, 1.807) is 12.1 Å². The van der Waals surface area contributed by atoms with Crippen LogP contribution < -0.4 is 22.7 Å². The summed E-state index contributed by atoms with van der Waals surface area (Å²) in [6.45, 7) is 1.47. The van der Waals surface area contributed by atoms with E-state index in [-0.39, 0.29) is 53.2 Å². The van der Waals surface area contributed by atoms with Crippen LogP contribution in [0.4, 0.5) is 5.69 Å². The number of hydrogen-bond acceptors (Lipinski definition) is 3. The van der Waals surface area contributed by atoms with Gasteiger partial charge in [0.25, 0.3) is 0 Å². The van der Waals surface area contributed by atoms with Crippen molar-refractivity contribution < 1.29 is 21.8 Å². The zero-order valence-corrected chi connectivity index (χ0v) is 10.8. The van der Waals surface area contributed by atoms with Crippen molar-refractivity contribution in [1.29, 1.82) is 0 Å². The van der Waals surface area contributed by atoms with E-state index < -0.39 is 0 Å². The molecule has 0 spiro atoms. The number of anilines is 1. The van der Waals surface area contributed by atoms with Crippen LogP contribution in [0.15, 0.2) is 18.3 Å². The number of hydrogen-bond donors (Lipinski definition) is 1. The normalized spacial score (nSPS) is 7.15. The molecule has 1 aromatic heterocycles. The first-order chi connectivity index (χ1) is 4.70. The Morgan fingerprint density at radius 3 is 2.31 bits per heavy atom. The van der Waals surface area contributed by atoms with Gasteiger partial charge in [0.2, 0.25) is 0 Å². The summed E-state index contributed by atoms with van der Waals surface area (Å²) < 4.78 is 0. The fourth-order valence-corrected chi connectivity index (χ4v) is 0.614. The van der Waals surface area contributed by atoms with Gasteiger partial charge in [0, 0.05) is 6.92 Å². The van der Waals surface area contributed by atoms with Crippen molar-refractivity contribution in [2.24, 2.45) is 0 Å². The van der Waals surface area contributed by atoms with Gasteiger partial charge in [0.15, 0.2) is 5.78 Å². The summed E-state index contributed by atoms with van der Waals surface area (Å²) in [6.07, 6.45) is 1.47. The summed E-state index contributed by atoms with van der Waals surface area (Å²) in [4.78, 5) is 14.5. The van der Waals surface area contributed by atoms with Gasteiger partial charge in [-0.3, -0.25) is 9.78 Å². The largest absolute Gasteiger partial charge is 2.00 e. The van der Waals surface area contributed by atoms with Crippen LogP contribution in [-0.4, -0.2) is 33.8 Å². The molecule has 0 unspecified atom stereocenters. The third kappa shape index (κ3) is 6.01. The van der Waals surface area contributed by atoms with Crippen LogP contribution in [0.25, 0.3) is 0 Å². The number of Topliss-reactive ketones (excluding diaryl/α,β-unsaturated/α-hetero) is 1. The number of nitrogen functional groups attached to an aromatic ring is 1. The number of halogens is 1. The minimum Gasteiger partial charge on any atom is -1.00 e. The Bertz CT molecular complexity index is 251. The number of carbonyl (C=O) groups is 1. The number of pyridine rings is 1. The molecule has 1 heterocycles. The van der Waals surface area contributed by atoms with E-state index in [0.717, 1.165) is 0 Å². The predicted molar refractivity (Wildman–Crippen MR) is 50.8 cm³/mol. The van der Waals surface area contributed by atoms with Crippen molar-refractivity contribution in [2.75, 3.05) is 5.73 Å². The average Bonchev–Trinajstić information content (AvgIpc) is 1.88. The molecule has 0 aromatic carbocycles. The second-order valence-corrected chi connectivity index (χ2v) is 2.03. The van der Waals surface area contributed by atoms with Crippen LogP contribution in [0.3, 0.4) is 0 Å². The molecule has 68 valence electrons. The molecule has 0 aliphatic rings. The monoisotopic (exact) mass is 254 g/mol. The van der Waals surface area contributed by atoms with Crippen molar-refractivity contribution in [3.05, 3.63) is 31.5 Å². The number of aromatic nitrogens is 1. The molecular weight excluding hydrogens is 244 g/mol. The Morgan fingerprint density at radius 1 is 1.46 bits per heavy atom. The van der Waals surface area contributed by atoms with Crippen molar-refractivity contribution >= 4 is 34.5 Å². The summed E-state index contributed by atoms with van der Waals surface area (Å²) in [6, 6.07) is 3.27. The van der Waals surface area contributed by atoms with Crippen LogP contribution in [0.5, 0.6) is 0 Å². The topological polar surface area (TPSA) is 56.0 Å². The zero-order chi connectivity index (χ0) is 7.56. The van der Waals surface area contributed by atoms with Gasteiger partial charge in [-0.1, -0.05) is 0 Å². The molecule has 0 atom stereocenters. The molecule has 0 aliphatic carbocycles. The van der Waals surface area contributed by atoms with E-state index in [2.05, 4.69) is 4.98 Å². The number of rotatable bonds is 1. The predicted octanol–water partition coefficient (Wildman–Crippen LogP) is -2.06. The summed E-state index contributed by atoms with van der Waals surface area (Å²) in [7, 11) is 0. The minimum atomic E-state index is -0.0417. The van der Waals surface area contributed by atoms with Gasteiger partial charge in [0.05, 0.1) is 11.9 Å². The van der Waals surface area contributed by atoms with E-state index >= 15 is 0 Å².